The zero-order valence-corrected chi connectivity index (χ0v) is 10.7. The average molecular weight is 241 g/mol. The third-order valence-electron chi connectivity index (χ3n) is 2.46. The third-order valence-corrected chi connectivity index (χ3v) is 3.48. The maximum atomic E-state index is 4.05. The van der Waals surface area contributed by atoms with Crippen LogP contribution in [0.2, 0.25) is 0 Å². The summed E-state index contributed by atoms with van der Waals surface area (Å²) >= 11 is 1.76. The van der Waals surface area contributed by atoms with Gasteiger partial charge >= 0.3 is 0 Å². The highest BCUT2D eigenvalue weighted by atomic mass is 32.2. The molecule has 0 aromatic carbocycles. The Kier molecular flexibility index (Phi) is 4.17. The summed E-state index contributed by atoms with van der Waals surface area (Å²) in [6, 6.07) is 1.15. The van der Waals surface area contributed by atoms with Crippen LogP contribution in [-0.2, 0) is 0 Å². The molecule has 90 valence electrons. The highest BCUT2D eigenvalue weighted by Crippen LogP contribution is 2.36. The topological polar surface area (TPSA) is 55.6 Å². The van der Waals surface area contributed by atoms with Crippen molar-refractivity contribution in [3.05, 3.63) is 0 Å². The lowest BCUT2D eigenvalue weighted by Gasteiger charge is -2.07. The van der Waals surface area contributed by atoms with Crippen LogP contribution in [0.15, 0.2) is 5.16 Å². The molecule has 16 heavy (non-hydrogen) atoms. The molecule has 1 aliphatic carbocycles. The van der Waals surface area contributed by atoms with Gasteiger partial charge in [-0.05, 0) is 36.2 Å². The maximum absolute atomic E-state index is 4.05. The number of rotatable bonds is 7. The number of nitrogens with zero attached hydrogens (tertiary/aromatic N) is 4. The molecule has 1 aliphatic rings. The Bertz CT molecular complexity index is 321. The normalized spacial score (nSPS) is 15.9. The summed E-state index contributed by atoms with van der Waals surface area (Å²) in [5.74, 6) is 1.08. The van der Waals surface area contributed by atoms with E-state index in [9.17, 15) is 0 Å². The van der Waals surface area contributed by atoms with Crippen LogP contribution in [-0.4, -0.2) is 38.5 Å². The van der Waals surface area contributed by atoms with Crippen LogP contribution in [0, 0.1) is 0 Å². The van der Waals surface area contributed by atoms with Crippen LogP contribution in [0.4, 0.5) is 0 Å². The van der Waals surface area contributed by atoms with Gasteiger partial charge in [0.2, 0.25) is 5.16 Å². The van der Waals surface area contributed by atoms with Crippen LogP contribution in [0.3, 0.4) is 0 Å². The van der Waals surface area contributed by atoms with E-state index in [1.165, 1.54) is 12.8 Å². The molecule has 0 spiro atoms. The van der Waals surface area contributed by atoms with E-state index in [4.69, 9.17) is 0 Å². The first-order chi connectivity index (χ1) is 7.77. The van der Waals surface area contributed by atoms with Crippen LogP contribution in [0.1, 0.15) is 39.2 Å². The SMILES string of the molecule is CC(C)NCCCSc1nnnn1C1CC1. The summed E-state index contributed by atoms with van der Waals surface area (Å²) in [5.41, 5.74) is 0. The fourth-order valence-electron chi connectivity index (χ4n) is 1.46. The van der Waals surface area contributed by atoms with Crippen LogP contribution in [0.5, 0.6) is 0 Å². The van der Waals surface area contributed by atoms with E-state index in [0.717, 1.165) is 23.9 Å². The highest BCUT2D eigenvalue weighted by Gasteiger charge is 2.27. The fraction of sp³-hybridized carbons (Fsp3) is 0.900. The largest absolute Gasteiger partial charge is 0.315 e. The van der Waals surface area contributed by atoms with Crippen molar-refractivity contribution in [3.8, 4) is 0 Å². The lowest BCUT2D eigenvalue weighted by molar-refractivity contribution is 0.564. The summed E-state index contributed by atoms with van der Waals surface area (Å²) < 4.78 is 1.97. The first-order valence-corrected chi connectivity index (χ1v) is 6.90. The van der Waals surface area contributed by atoms with Crippen molar-refractivity contribution in [2.24, 2.45) is 0 Å². The van der Waals surface area contributed by atoms with Gasteiger partial charge in [-0.15, -0.1) is 5.10 Å². The number of thioether (sulfide) groups is 1. The Hall–Kier alpha value is -0.620. The van der Waals surface area contributed by atoms with Crippen LogP contribution in [0.25, 0.3) is 0 Å². The third kappa shape index (κ3) is 3.45. The number of hydrogen-bond acceptors (Lipinski definition) is 5. The highest BCUT2D eigenvalue weighted by molar-refractivity contribution is 7.99. The van der Waals surface area contributed by atoms with Gasteiger partial charge in [0.15, 0.2) is 0 Å². The summed E-state index contributed by atoms with van der Waals surface area (Å²) in [6.45, 7) is 5.40. The van der Waals surface area contributed by atoms with Gasteiger partial charge in [-0.1, -0.05) is 25.6 Å². The van der Waals surface area contributed by atoms with E-state index < -0.39 is 0 Å². The van der Waals surface area contributed by atoms with Gasteiger partial charge < -0.3 is 5.32 Å². The number of hydrogen-bond donors (Lipinski definition) is 1. The molecule has 1 fully saturated rings. The fourth-order valence-corrected chi connectivity index (χ4v) is 2.34. The van der Waals surface area contributed by atoms with Gasteiger partial charge in [0, 0.05) is 11.8 Å². The minimum Gasteiger partial charge on any atom is -0.315 e. The van der Waals surface area contributed by atoms with E-state index in [1.54, 1.807) is 11.8 Å². The molecule has 1 N–H and O–H groups in total. The van der Waals surface area contributed by atoms with Crippen LogP contribution >= 0.6 is 11.8 Å². The summed E-state index contributed by atoms with van der Waals surface area (Å²) in [5, 5.41) is 16.2. The van der Waals surface area contributed by atoms with Gasteiger partial charge in [-0.2, -0.15) is 0 Å². The first-order valence-electron chi connectivity index (χ1n) is 5.91. The Balaban J connectivity index is 1.67. The molecule has 5 nitrogen and oxygen atoms in total. The molecule has 0 saturated heterocycles. The molecule has 1 saturated carbocycles. The van der Waals surface area contributed by atoms with Gasteiger partial charge in [-0.3, -0.25) is 0 Å². The second kappa shape index (κ2) is 5.63. The monoisotopic (exact) mass is 241 g/mol. The Labute approximate surface area is 100 Å². The molecule has 1 aromatic rings. The average Bonchev–Trinajstić information content (AvgIpc) is 2.98. The Morgan fingerprint density at radius 2 is 2.31 bits per heavy atom. The zero-order chi connectivity index (χ0) is 11.4. The Morgan fingerprint density at radius 1 is 1.50 bits per heavy atom. The molecule has 6 heteroatoms. The predicted octanol–water partition coefficient (Wildman–Crippen LogP) is 1.49. The van der Waals surface area contributed by atoms with E-state index in [0.29, 0.717) is 12.1 Å². The van der Waals surface area contributed by atoms with E-state index in [-0.39, 0.29) is 0 Å². The van der Waals surface area contributed by atoms with Crippen molar-refractivity contribution in [2.45, 2.75) is 50.4 Å². The molecule has 0 amide bonds. The number of aromatic nitrogens is 4. The molecule has 0 aliphatic heterocycles. The molecule has 0 atom stereocenters. The molecule has 0 radical (unpaired) electrons. The second-order valence-electron chi connectivity index (χ2n) is 4.45. The quantitative estimate of drug-likeness (QED) is 0.579. The Morgan fingerprint density at radius 3 is 3.00 bits per heavy atom. The molecular formula is C10H19N5S. The lowest BCUT2D eigenvalue weighted by Crippen LogP contribution is -2.23. The number of nitrogens with one attached hydrogen (secondary N) is 1. The maximum Gasteiger partial charge on any atom is 0.209 e. The van der Waals surface area contributed by atoms with Gasteiger partial charge in [0.1, 0.15) is 0 Å². The van der Waals surface area contributed by atoms with E-state index in [2.05, 4.69) is 34.7 Å². The summed E-state index contributed by atoms with van der Waals surface area (Å²) in [4.78, 5) is 0. The van der Waals surface area contributed by atoms with E-state index in [1.807, 2.05) is 4.68 Å². The predicted molar refractivity (Wildman–Crippen MR) is 64.6 cm³/mol. The molecule has 0 unspecified atom stereocenters. The van der Waals surface area contributed by atoms with Crippen molar-refractivity contribution in [2.75, 3.05) is 12.3 Å². The minimum absolute atomic E-state index is 0.571. The van der Waals surface area contributed by atoms with E-state index >= 15 is 0 Å². The van der Waals surface area contributed by atoms with Crippen molar-refractivity contribution in [3.63, 3.8) is 0 Å². The van der Waals surface area contributed by atoms with Gasteiger partial charge in [0.05, 0.1) is 6.04 Å². The molecule has 1 aromatic heterocycles. The van der Waals surface area contributed by atoms with Crippen molar-refractivity contribution in [1.29, 1.82) is 0 Å². The molecule has 2 rings (SSSR count). The molecule has 1 heterocycles. The summed E-state index contributed by atoms with van der Waals surface area (Å²) in [6.07, 6.45) is 3.61. The van der Waals surface area contributed by atoms with Crippen molar-refractivity contribution >= 4 is 11.8 Å². The second-order valence-corrected chi connectivity index (χ2v) is 5.51. The van der Waals surface area contributed by atoms with Gasteiger partial charge in [0.25, 0.3) is 0 Å². The molecule has 0 bridgehead atoms. The zero-order valence-electron chi connectivity index (χ0n) is 9.89. The summed E-state index contributed by atoms with van der Waals surface area (Å²) in [7, 11) is 0. The van der Waals surface area contributed by atoms with Crippen molar-refractivity contribution < 1.29 is 0 Å². The number of tetrazole rings is 1. The van der Waals surface area contributed by atoms with Crippen molar-refractivity contribution in [1.82, 2.24) is 25.5 Å². The standard InChI is InChI=1S/C10H19N5S/c1-8(2)11-6-3-7-16-10-12-13-14-15(10)9-4-5-9/h8-9,11H,3-7H2,1-2H3. The minimum atomic E-state index is 0.571. The first kappa shape index (κ1) is 11.9. The smallest absolute Gasteiger partial charge is 0.209 e. The van der Waals surface area contributed by atoms with Gasteiger partial charge in [-0.25, -0.2) is 4.68 Å². The van der Waals surface area contributed by atoms with Crippen LogP contribution < -0.4 is 5.32 Å². The lowest BCUT2D eigenvalue weighted by atomic mass is 10.4. The molecular weight excluding hydrogens is 222 g/mol.